The molecular weight excluding hydrogens is 274 g/mol. The smallest absolute Gasteiger partial charge is 0.262 e. The highest BCUT2D eigenvalue weighted by atomic mass is 32.1. The van der Waals surface area contributed by atoms with E-state index in [4.69, 9.17) is 5.11 Å². The monoisotopic (exact) mass is 293 g/mol. The Bertz CT molecular complexity index is 515. The lowest BCUT2D eigenvalue weighted by atomic mass is 10.1. The average molecular weight is 293 g/mol. The number of carbonyl (C=O) groups excluding carboxylic acids is 1. The van der Waals surface area contributed by atoms with Gasteiger partial charge in [0.05, 0.1) is 12.1 Å². The molecule has 0 aromatic carbocycles. The molecule has 20 heavy (non-hydrogen) atoms. The van der Waals surface area contributed by atoms with Crippen LogP contribution < -0.4 is 5.32 Å². The minimum atomic E-state index is -0.464. The summed E-state index contributed by atoms with van der Waals surface area (Å²) in [6.07, 6.45) is 4.25. The van der Waals surface area contributed by atoms with Gasteiger partial charge in [-0.05, 0) is 24.3 Å². The number of aliphatic hydroxyl groups is 2. The average Bonchev–Trinajstić information content (AvgIpc) is 2.82. The maximum Gasteiger partial charge on any atom is 0.262 e. The Balaban J connectivity index is 2.06. The third-order valence-corrected chi connectivity index (χ3v) is 4.38. The minimum absolute atomic E-state index is 0.175. The quantitative estimate of drug-likeness (QED) is 0.572. The third kappa shape index (κ3) is 3.83. The molecule has 1 aliphatic carbocycles. The highest BCUT2D eigenvalue weighted by Gasteiger charge is 2.24. The highest BCUT2D eigenvalue weighted by Crippen LogP contribution is 2.20. The second-order valence-electron chi connectivity index (χ2n) is 4.91. The summed E-state index contributed by atoms with van der Waals surface area (Å²) in [6.45, 7) is -0.224. The van der Waals surface area contributed by atoms with E-state index < -0.39 is 6.10 Å². The molecule has 108 valence electrons. The number of thiophene rings is 1. The molecule has 2 unspecified atom stereocenters. The zero-order valence-corrected chi connectivity index (χ0v) is 12.1. The first-order valence-electron chi connectivity index (χ1n) is 6.88. The summed E-state index contributed by atoms with van der Waals surface area (Å²) in [7, 11) is 0. The Kier molecular flexibility index (Phi) is 5.60. The molecule has 1 fully saturated rings. The van der Waals surface area contributed by atoms with Crippen molar-refractivity contribution in [1.82, 2.24) is 5.32 Å². The first-order chi connectivity index (χ1) is 9.72. The van der Waals surface area contributed by atoms with Crippen molar-refractivity contribution in [3.05, 3.63) is 21.9 Å². The molecule has 2 rings (SSSR count). The van der Waals surface area contributed by atoms with Crippen molar-refractivity contribution >= 4 is 17.2 Å². The second kappa shape index (κ2) is 7.44. The molecule has 0 spiro atoms. The summed E-state index contributed by atoms with van der Waals surface area (Å²) in [4.78, 5) is 12.8. The van der Waals surface area contributed by atoms with Crippen molar-refractivity contribution in [3.63, 3.8) is 0 Å². The number of amides is 1. The van der Waals surface area contributed by atoms with Crippen molar-refractivity contribution in [2.75, 3.05) is 6.61 Å². The molecule has 1 saturated carbocycles. The standard InChI is InChI=1S/C15H19NO3S/c17-9-4-5-11-8-10-20-14(11)15(19)16-12-6-2-1-3-7-13(12)18/h8,10,12-13,17-18H,1-3,6-7,9H2,(H,16,19). The molecule has 3 N–H and O–H groups in total. The Morgan fingerprint density at radius 1 is 1.40 bits per heavy atom. The van der Waals surface area contributed by atoms with Gasteiger partial charge in [-0.3, -0.25) is 4.79 Å². The summed E-state index contributed by atoms with van der Waals surface area (Å²) in [6, 6.07) is 1.59. The van der Waals surface area contributed by atoms with Crippen LogP contribution in [0.1, 0.15) is 47.3 Å². The molecule has 0 aliphatic heterocycles. The predicted molar refractivity (Wildman–Crippen MR) is 78.6 cm³/mol. The van der Waals surface area contributed by atoms with Crippen molar-refractivity contribution in [2.45, 2.75) is 44.2 Å². The maximum absolute atomic E-state index is 12.3. The topological polar surface area (TPSA) is 69.6 Å². The number of aliphatic hydroxyl groups excluding tert-OH is 2. The summed E-state index contributed by atoms with van der Waals surface area (Å²) >= 11 is 1.33. The molecule has 1 heterocycles. The largest absolute Gasteiger partial charge is 0.391 e. The van der Waals surface area contributed by atoms with Crippen LogP contribution >= 0.6 is 11.3 Å². The van der Waals surface area contributed by atoms with Gasteiger partial charge in [0.25, 0.3) is 5.91 Å². The normalized spacial score (nSPS) is 22.5. The Labute approximate surface area is 122 Å². The summed E-state index contributed by atoms with van der Waals surface area (Å²) in [5, 5.41) is 23.5. The van der Waals surface area contributed by atoms with E-state index in [0.29, 0.717) is 10.4 Å². The van der Waals surface area contributed by atoms with Crippen molar-refractivity contribution in [1.29, 1.82) is 0 Å². The third-order valence-electron chi connectivity index (χ3n) is 3.47. The fraction of sp³-hybridized carbons (Fsp3) is 0.533. The van der Waals surface area contributed by atoms with Gasteiger partial charge in [-0.2, -0.15) is 0 Å². The van der Waals surface area contributed by atoms with Gasteiger partial charge in [0.1, 0.15) is 11.5 Å². The van der Waals surface area contributed by atoms with Gasteiger partial charge in [-0.25, -0.2) is 0 Å². The molecule has 0 bridgehead atoms. The first kappa shape index (κ1) is 15.0. The number of nitrogens with one attached hydrogen (secondary N) is 1. The Morgan fingerprint density at radius 3 is 3.00 bits per heavy atom. The van der Waals surface area contributed by atoms with E-state index in [2.05, 4.69) is 17.2 Å². The van der Waals surface area contributed by atoms with Gasteiger partial charge in [0.15, 0.2) is 0 Å². The lowest BCUT2D eigenvalue weighted by molar-refractivity contribution is 0.0822. The molecule has 1 aromatic heterocycles. The van der Waals surface area contributed by atoms with Crippen LogP contribution in [0.4, 0.5) is 0 Å². The van der Waals surface area contributed by atoms with Crippen LogP contribution in [0, 0.1) is 11.8 Å². The van der Waals surface area contributed by atoms with E-state index in [1.165, 1.54) is 11.3 Å². The Hall–Kier alpha value is -1.35. The molecule has 0 radical (unpaired) electrons. The van der Waals surface area contributed by atoms with Crippen LogP contribution in [0.5, 0.6) is 0 Å². The van der Waals surface area contributed by atoms with E-state index in [0.717, 1.165) is 32.1 Å². The summed E-state index contributed by atoms with van der Waals surface area (Å²) < 4.78 is 0. The van der Waals surface area contributed by atoms with E-state index in [-0.39, 0.29) is 18.6 Å². The van der Waals surface area contributed by atoms with Crippen LogP contribution in [-0.2, 0) is 0 Å². The number of carbonyl (C=O) groups is 1. The van der Waals surface area contributed by atoms with E-state index in [9.17, 15) is 9.90 Å². The van der Waals surface area contributed by atoms with Gasteiger partial charge in [0, 0.05) is 5.56 Å². The molecule has 1 aromatic rings. The molecule has 4 nitrogen and oxygen atoms in total. The van der Waals surface area contributed by atoms with Crippen LogP contribution in [0.3, 0.4) is 0 Å². The number of rotatable bonds is 2. The van der Waals surface area contributed by atoms with E-state index in [1.54, 1.807) is 11.4 Å². The first-order valence-corrected chi connectivity index (χ1v) is 7.76. The van der Waals surface area contributed by atoms with Crippen LogP contribution in [0.25, 0.3) is 0 Å². The van der Waals surface area contributed by atoms with Gasteiger partial charge >= 0.3 is 0 Å². The molecule has 2 atom stereocenters. The van der Waals surface area contributed by atoms with Crippen LogP contribution in [-0.4, -0.2) is 34.9 Å². The summed E-state index contributed by atoms with van der Waals surface area (Å²) in [5.74, 6) is 5.14. The predicted octanol–water partition coefficient (Wildman–Crippen LogP) is 1.52. The van der Waals surface area contributed by atoms with Crippen LogP contribution in [0.2, 0.25) is 0 Å². The summed E-state index contributed by atoms with van der Waals surface area (Å²) in [5.41, 5.74) is 0.629. The van der Waals surface area contributed by atoms with Gasteiger partial charge in [-0.15, -0.1) is 11.3 Å². The SMILES string of the molecule is O=C(NC1CCCCCC1O)c1sccc1C#CCO. The maximum atomic E-state index is 12.3. The van der Waals surface area contributed by atoms with Crippen molar-refractivity contribution in [3.8, 4) is 11.8 Å². The fourth-order valence-electron chi connectivity index (χ4n) is 2.41. The minimum Gasteiger partial charge on any atom is -0.391 e. The number of hydrogen-bond donors (Lipinski definition) is 3. The van der Waals surface area contributed by atoms with E-state index >= 15 is 0 Å². The second-order valence-corrected chi connectivity index (χ2v) is 5.82. The van der Waals surface area contributed by atoms with E-state index in [1.807, 2.05) is 0 Å². The Morgan fingerprint density at radius 2 is 2.20 bits per heavy atom. The van der Waals surface area contributed by atoms with Crippen LogP contribution in [0.15, 0.2) is 11.4 Å². The lowest BCUT2D eigenvalue weighted by Gasteiger charge is -2.21. The fourth-order valence-corrected chi connectivity index (χ4v) is 3.16. The molecule has 5 heteroatoms. The highest BCUT2D eigenvalue weighted by molar-refractivity contribution is 7.12. The molecule has 1 amide bonds. The number of hydrogen-bond acceptors (Lipinski definition) is 4. The molecule has 1 aliphatic rings. The van der Waals surface area contributed by atoms with Gasteiger partial charge < -0.3 is 15.5 Å². The zero-order chi connectivity index (χ0) is 14.4. The molecular formula is C15H19NO3S. The van der Waals surface area contributed by atoms with Gasteiger partial charge in [0.2, 0.25) is 0 Å². The zero-order valence-electron chi connectivity index (χ0n) is 11.3. The lowest BCUT2D eigenvalue weighted by Crippen LogP contribution is -2.42. The molecule has 0 saturated heterocycles. The van der Waals surface area contributed by atoms with Gasteiger partial charge in [-0.1, -0.05) is 31.1 Å². The van der Waals surface area contributed by atoms with Crippen molar-refractivity contribution < 1.29 is 15.0 Å². The van der Waals surface area contributed by atoms with Crippen molar-refractivity contribution in [2.24, 2.45) is 0 Å².